The van der Waals surface area contributed by atoms with Gasteiger partial charge in [0.15, 0.2) is 0 Å². The molecule has 0 rings (SSSR count). The van der Waals surface area contributed by atoms with Gasteiger partial charge in [-0.2, -0.15) is 0 Å². The van der Waals surface area contributed by atoms with Crippen LogP contribution in [0.25, 0.3) is 0 Å². The third-order valence-electron chi connectivity index (χ3n) is 5.40. The first-order valence-corrected chi connectivity index (χ1v) is 11.0. The van der Waals surface area contributed by atoms with Crippen molar-refractivity contribution in [1.29, 1.82) is 0 Å². The molecule has 0 saturated heterocycles. The molecule has 0 unspecified atom stereocenters. The van der Waals surface area contributed by atoms with Crippen LogP contribution in [-0.4, -0.2) is 31.2 Å². The van der Waals surface area contributed by atoms with Gasteiger partial charge in [-0.1, -0.05) is 91.4 Å². The van der Waals surface area contributed by atoms with Crippen molar-refractivity contribution in [3.05, 3.63) is 0 Å². The van der Waals surface area contributed by atoms with E-state index in [2.05, 4.69) is 27.8 Å². The molecule has 0 N–H and O–H groups in total. The molecule has 0 saturated carbocycles. The van der Waals surface area contributed by atoms with E-state index in [1.54, 1.807) is 0 Å². The van der Waals surface area contributed by atoms with Crippen molar-refractivity contribution < 1.29 is 4.48 Å². The van der Waals surface area contributed by atoms with Gasteiger partial charge >= 0.3 is 0 Å². The Morgan fingerprint density at radius 2 is 0.708 bits per heavy atom. The lowest BCUT2D eigenvalue weighted by Gasteiger charge is -2.35. The lowest BCUT2D eigenvalue weighted by molar-refractivity contribution is -0.910. The summed E-state index contributed by atoms with van der Waals surface area (Å²) in [5.74, 6) is 0. The van der Waals surface area contributed by atoms with Crippen LogP contribution in [0.5, 0.6) is 0 Å². The average molecular weight is 455 g/mol. The monoisotopic (exact) mass is 454 g/mol. The molecular weight excluding hydrogens is 405 g/mol. The van der Waals surface area contributed by atoms with Crippen molar-refractivity contribution in [2.75, 3.05) is 26.7 Å². The summed E-state index contributed by atoms with van der Waals surface area (Å²) in [5.41, 5.74) is 0. The third-order valence-corrected chi connectivity index (χ3v) is 5.40. The second kappa shape index (κ2) is 20.0. The number of rotatable bonds is 18. The van der Waals surface area contributed by atoms with Crippen LogP contribution in [0.3, 0.4) is 0 Å². The molecule has 0 aromatic carbocycles. The molecule has 1 nitrogen and oxygen atoms in total. The topological polar surface area (TPSA) is 0 Å². The van der Waals surface area contributed by atoms with E-state index in [0.29, 0.717) is 0 Å². The van der Waals surface area contributed by atoms with E-state index >= 15 is 0 Å². The second-order valence-corrected chi connectivity index (χ2v) is 8.03. The SMILES string of the molecule is CCCCCCCCCCCCC[N+](C)(CCCC)CCCC.I. The molecule has 0 spiro atoms. The van der Waals surface area contributed by atoms with Gasteiger partial charge in [0.25, 0.3) is 0 Å². The van der Waals surface area contributed by atoms with Crippen LogP contribution in [0.15, 0.2) is 0 Å². The maximum Gasteiger partial charge on any atom is 0.0784 e. The Labute approximate surface area is 172 Å². The maximum atomic E-state index is 2.50. The Morgan fingerprint density at radius 3 is 1.08 bits per heavy atom. The van der Waals surface area contributed by atoms with Crippen molar-refractivity contribution in [3.63, 3.8) is 0 Å². The van der Waals surface area contributed by atoms with Gasteiger partial charge in [0, 0.05) is 0 Å². The van der Waals surface area contributed by atoms with Crippen molar-refractivity contribution in [2.24, 2.45) is 0 Å². The van der Waals surface area contributed by atoms with Crippen molar-refractivity contribution >= 4 is 24.0 Å². The summed E-state index contributed by atoms with van der Waals surface area (Å²) < 4.78 is 1.33. The summed E-state index contributed by atoms with van der Waals surface area (Å²) >= 11 is 0. The van der Waals surface area contributed by atoms with Crippen LogP contribution < -0.4 is 0 Å². The van der Waals surface area contributed by atoms with Gasteiger partial charge in [-0.15, -0.1) is 24.0 Å². The Balaban J connectivity index is 0. The molecule has 0 radical (unpaired) electrons. The molecule has 0 aliphatic carbocycles. The van der Waals surface area contributed by atoms with Crippen LogP contribution in [0.1, 0.15) is 117 Å². The zero-order valence-electron chi connectivity index (χ0n) is 17.6. The summed E-state index contributed by atoms with van der Waals surface area (Å²) in [6.45, 7) is 11.2. The highest BCUT2D eigenvalue weighted by atomic mass is 127. The molecule has 2 heteroatoms. The first-order chi connectivity index (χ1) is 11.2. The maximum absolute atomic E-state index is 2.50. The van der Waals surface area contributed by atoms with Crippen LogP contribution in [0.2, 0.25) is 0 Å². The normalized spacial score (nSPS) is 11.5. The Bertz CT molecular complexity index is 222. The lowest BCUT2D eigenvalue weighted by atomic mass is 10.1. The zero-order chi connectivity index (χ0) is 17.2. The predicted molar refractivity (Wildman–Crippen MR) is 122 cm³/mol. The van der Waals surface area contributed by atoms with Crippen LogP contribution in [0.4, 0.5) is 0 Å². The number of hydrogen-bond acceptors (Lipinski definition) is 0. The molecule has 0 amide bonds. The third kappa shape index (κ3) is 17.5. The molecule has 148 valence electrons. The van der Waals surface area contributed by atoms with Gasteiger partial charge in [-0.3, -0.25) is 0 Å². The number of unbranched alkanes of at least 4 members (excludes halogenated alkanes) is 12. The van der Waals surface area contributed by atoms with Crippen LogP contribution in [0, 0.1) is 0 Å². The van der Waals surface area contributed by atoms with E-state index in [0.717, 1.165) is 0 Å². The minimum absolute atomic E-state index is 0. The fraction of sp³-hybridized carbons (Fsp3) is 1.00. The minimum Gasteiger partial charge on any atom is -0.326 e. The van der Waals surface area contributed by atoms with Gasteiger partial charge in [-0.25, -0.2) is 0 Å². The standard InChI is InChI=1S/C22H48N.HI/c1-5-8-11-12-13-14-15-16-17-18-19-22-23(4,20-9-6-2)21-10-7-3;/h5-22H2,1-4H3;1H/q+1;. The Morgan fingerprint density at radius 1 is 0.417 bits per heavy atom. The first kappa shape index (κ1) is 26.9. The predicted octanol–water partition coefficient (Wildman–Crippen LogP) is 7.96. The summed E-state index contributed by atoms with van der Waals surface area (Å²) in [4.78, 5) is 0. The molecule has 0 aromatic heterocycles. The highest BCUT2D eigenvalue weighted by Crippen LogP contribution is 2.14. The van der Waals surface area contributed by atoms with E-state index in [9.17, 15) is 0 Å². The number of halogens is 1. The quantitative estimate of drug-likeness (QED) is 0.112. The number of quaternary nitrogens is 1. The van der Waals surface area contributed by atoms with E-state index in [1.165, 1.54) is 120 Å². The zero-order valence-corrected chi connectivity index (χ0v) is 19.9. The first-order valence-electron chi connectivity index (χ1n) is 11.0. The van der Waals surface area contributed by atoms with Crippen molar-refractivity contribution in [1.82, 2.24) is 0 Å². The van der Waals surface area contributed by atoms with Gasteiger partial charge in [0.05, 0.1) is 26.7 Å². The average Bonchev–Trinajstić information content (AvgIpc) is 2.56. The minimum atomic E-state index is 0. The fourth-order valence-corrected chi connectivity index (χ4v) is 3.57. The molecule has 24 heavy (non-hydrogen) atoms. The van der Waals surface area contributed by atoms with Gasteiger partial charge < -0.3 is 4.48 Å². The lowest BCUT2D eigenvalue weighted by Crippen LogP contribution is -2.46. The van der Waals surface area contributed by atoms with E-state index in [-0.39, 0.29) is 24.0 Å². The second-order valence-electron chi connectivity index (χ2n) is 8.03. The fourth-order valence-electron chi connectivity index (χ4n) is 3.57. The largest absolute Gasteiger partial charge is 0.326 e. The molecule has 0 bridgehead atoms. The molecule has 0 atom stereocenters. The molecular formula is C22H49IN+. The van der Waals surface area contributed by atoms with Crippen molar-refractivity contribution in [3.8, 4) is 0 Å². The molecule has 0 aliphatic rings. The summed E-state index contributed by atoms with van der Waals surface area (Å²) in [6.07, 6.45) is 21.5. The molecule has 0 heterocycles. The summed E-state index contributed by atoms with van der Waals surface area (Å²) in [6, 6.07) is 0. The summed E-state index contributed by atoms with van der Waals surface area (Å²) in [5, 5.41) is 0. The number of hydrogen-bond donors (Lipinski definition) is 0. The number of nitrogens with zero attached hydrogens (tertiary/aromatic N) is 1. The van der Waals surface area contributed by atoms with Gasteiger partial charge in [-0.05, 0) is 25.7 Å². The van der Waals surface area contributed by atoms with E-state index in [1.807, 2.05) is 0 Å². The Kier molecular flexibility index (Phi) is 22.4. The highest BCUT2D eigenvalue weighted by molar-refractivity contribution is 14.0. The van der Waals surface area contributed by atoms with Crippen LogP contribution >= 0.6 is 24.0 Å². The van der Waals surface area contributed by atoms with Crippen molar-refractivity contribution in [2.45, 2.75) is 117 Å². The molecule has 0 fully saturated rings. The van der Waals surface area contributed by atoms with E-state index in [4.69, 9.17) is 0 Å². The Hall–Kier alpha value is 0.690. The van der Waals surface area contributed by atoms with E-state index < -0.39 is 0 Å². The molecule has 0 aliphatic heterocycles. The highest BCUT2D eigenvalue weighted by Gasteiger charge is 2.19. The van der Waals surface area contributed by atoms with Gasteiger partial charge in [0.2, 0.25) is 0 Å². The van der Waals surface area contributed by atoms with Gasteiger partial charge in [0.1, 0.15) is 0 Å². The summed E-state index contributed by atoms with van der Waals surface area (Å²) in [7, 11) is 2.50. The smallest absolute Gasteiger partial charge is 0.0784 e. The molecule has 0 aromatic rings. The van der Waals surface area contributed by atoms with Crippen LogP contribution in [-0.2, 0) is 0 Å².